The van der Waals surface area contributed by atoms with E-state index in [1.54, 1.807) is 0 Å². The molecule has 2 rings (SSSR count). The molecule has 1 aromatic rings. The zero-order valence-electron chi connectivity index (χ0n) is 11.2. The summed E-state index contributed by atoms with van der Waals surface area (Å²) in [5.74, 6) is 0.135. The number of amides is 1. The molecule has 1 aliphatic heterocycles. The molecule has 0 radical (unpaired) electrons. The van der Waals surface area contributed by atoms with Crippen molar-refractivity contribution in [3.63, 3.8) is 0 Å². The first-order valence-electron chi connectivity index (χ1n) is 6.67. The van der Waals surface area contributed by atoms with Crippen molar-refractivity contribution in [1.29, 1.82) is 0 Å². The van der Waals surface area contributed by atoms with Gasteiger partial charge in [0.15, 0.2) is 0 Å². The summed E-state index contributed by atoms with van der Waals surface area (Å²) in [5, 5.41) is 6.12. The lowest BCUT2D eigenvalue weighted by atomic mass is 10.1. The van der Waals surface area contributed by atoms with E-state index in [2.05, 4.69) is 43.6 Å². The summed E-state index contributed by atoms with van der Waals surface area (Å²) >= 11 is 3.45. The third-order valence-electron chi connectivity index (χ3n) is 3.38. The Bertz CT molecular complexity index is 421. The topological polar surface area (TPSA) is 44.4 Å². The number of nitrogens with one attached hydrogen (secondary N) is 2. The molecule has 4 nitrogen and oxygen atoms in total. The van der Waals surface area contributed by atoms with Crippen LogP contribution in [0.15, 0.2) is 28.7 Å². The van der Waals surface area contributed by atoms with Gasteiger partial charge in [0, 0.05) is 23.2 Å². The van der Waals surface area contributed by atoms with E-state index in [9.17, 15) is 4.79 Å². The number of carbonyl (C=O) groups excluding carboxylic acids is 1. The Kier molecular flexibility index (Phi) is 5.22. The summed E-state index contributed by atoms with van der Waals surface area (Å²) < 4.78 is 1.06. The van der Waals surface area contributed by atoms with Crippen LogP contribution in [-0.2, 0) is 4.79 Å². The van der Waals surface area contributed by atoms with Gasteiger partial charge in [-0.15, -0.1) is 0 Å². The Morgan fingerprint density at radius 3 is 2.84 bits per heavy atom. The molecule has 1 aliphatic rings. The molecule has 0 aliphatic carbocycles. The van der Waals surface area contributed by atoms with Gasteiger partial charge in [0.1, 0.15) is 6.04 Å². The van der Waals surface area contributed by atoms with Crippen molar-refractivity contribution >= 4 is 27.5 Å². The molecule has 19 heavy (non-hydrogen) atoms. The van der Waals surface area contributed by atoms with Crippen molar-refractivity contribution in [3.05, 3.63) is 28.7 Å². The summed E-state index contributed by atoms with van der Waals surface area (Å²) in [6.45, 7) is 2.52. The first-order chi connectivity index (χ1) is 9.22. The van der Waals surface area contributed by atoms with Crippen LogP contribution >= 0.6 is 15.9 Å². The summed E-state index contributed by atoms with van der Waals surface area (Å²) in [7, 11) is 1.92. The average molecular weight is 326 g/mol. The summed E-state index contributed by atoms with van der Waals surface area (Å²) in [4.78, 5) is 14.4. The Morgan fingerprint density at radius 2 is 2.16 bits per heavy atom. The molecule has 1 amide bonds. The standard InChI is InChI=1S/C14H20BrN3O/c1-16-9-7-13-14(19)17-8-2-10-18(13)12-5-3-11(15)4-6-12/h3-6,13,16H,2,7-10H2,1H3,(H,17,19). The van der Waals surface area contributed by atoms with Gasteiger partial charge >= 0.3 is 0 Å². The van der Waals surface area contributed by atoms with Crippen molar-refractivity contribution in [2.24, 2.45) is 0 Å². The Hall–Kier alpha value is -1.07. The zero-order chi connectivity index (χ0) is 13.7. The van der Waals surface area contributed by atoms with Gasteiger partial charge in [0.05, 0.1) is 0 Å². The molecule has 104 valence electrons. The van der Waals surface area contributed by atoms with Crippen molar-refractivity contribution in [3.8, 4) is 0 Å². The van der Waals surface area contributed by atoms with Crippen LogP contribution in [0.5, 0.6) is 0 Å². The van der Waals surface area contributed by atoms with Gasteiger partial charge < -0.3 is 15.5 Å². The summed E-state index contributed by atoms with van der Waals surface area (Å²) in [5.41, 5.74) is 1.11. The fourth-order valence-corrected chi connectivity index (χ4v) is 2.65. The van der Waals surface area contributed by atoms with E-state index in [1.807, 2.05) is 19.2 Å². The number of benzene rings is 1. The van der Waals surface area contributed by atoms with Crippen LogP contribution in [0, 0.1) is 0 Å². The minimum absolute atomic E-state index is 0.0869. The molecule has 0 spiro atoms. The number of hydrogen-bond acceptors (Lipinski definition) is 3. The molecular formula is C14H20BrN3O. The summed E-state index contributed by atoms with van der Waals surface area (Å²) in [6.07, 6.45) is 1.80. The molecule has 1 atom stereocenters. The number of carbonyl (C=O) groups is 1. The lowest BCUT2D eigenvalue weighted by Crippen LogP contribution is -2.45. The molecule has 0 aromatic heterocycles. The third-order valence-corrected chi connectivity index (χ3v) is 3.91. The van der Waals surface area contributed by atoms with Crippen LogP contribution in [0.2, 0.25) is 0 Å². The van der Waals surface area contributed by atoms with Gasteiger partial charge in [-0.3, -0.25) is 4.79 Å². The lowest BCUT2D eigenvalue weighted by Gasteiger charge is -2.30. The van der Waals surface area contributed by atoms with Crippen molar-refractivity contribution in [2.75, 3.05) is 31.6 Å². The van der Waals surface area contributed by atoms with Crippen LogP contribution in [0.1, 0.15) is 12.8 Å². The van der Waals surface area contributed by atoms with Crippen LogP contribution in [0.25, 0.3) is 0 Å². The minimum atomic E-state index is -0.0869. The maximum absolute atomic E-state index is 12.2. The SMILES string of the molecule is CNCCC1C(=O)NCCCN1c1ccc(Br)cc1. The van der Waals surface area contributed by atoms with E-state index in [1.165, 1.54) is 0 Å². The molecule has 1 aromatic carbocycles. The number of nitrogens with zero attached hydrogens (tertiary/aromatic N) is 1. The highest BCUT2D eigenvalue weighted by Crippen LogP contribution is 2.23. The van der Waals surface area contributed by atoms with Crippen LogP contribution in [0.3, 0.4) is 0 Å². The number of hydrogen-bond donors (Lipinski definition) is 2. The molecule has 1 unspecified atom stereocenters. The second-order valence-electron chi connectivity index (χ2n) is 4.72. The maximum Gasteiger partial charge on any atom is 0.242 e. The fourth-order valence-electron chi connectivity index (χ4n) is 2.39. The van der Waals surface area contributed by atoms with Gasteiger partial charge in [-0.25, -0.2) is 0 Å². The van der Waals surface area contributed by atoms with Crippen LogP contribution < -0.4 is 15.5 Å². The predicted octanol–water partition coefficient (Wildman–Crippen LogP) is 1.75. The monoisotopic (exact) mass is 325 g/mol. The largest absolute Gasteiger partial charge is 0.359 e. The number of anilines is 1. The van der Waals surface area contributed by atoms with E-state index >= 15 is 0 Å². The Balaban J connectivity index is 2.21. The normalized spacial score (nSPS) is 20.0. The summed E-state index contributed by atoms with van der Waals surface area (Å²) in [6, 6.07) is 8.08. The van der Waals surface area contributed by atoms with E-state index < -0.39 is 0 Å². The second-order valence-corrected chi connectivity index (χ2v) is 5.64. The highest BCUT2D eigenvalue weighted by Gasteiger charge is 2.27. The zero-order valence-corrected chi connectivity index (χ0v) is 12.7. The third kappa shape index (κ3) is 3.70. The Labute approximate surface area is 122 Å². The minimum Gasteiger partial charge on any atom is -0.359 e. The van der Waals surface area contributed by atoms with E-state index in [-0.39, 0.29) is 11.9 Å². The first kappa shape index (κ1) is 14.3. The average Bonchev–Trinajstić information content (AvgIpc) is 2.59. The van der Waals surface area contributed by atoms with E-state index in [0.717, 1.165) is 42.6 Å². The quantitative estimate of drug-likeness (QED) is 0.886. The van der Waals surface area contributed by atoms with Crippen molar-refractivity contribution < 1.29 is 4.79 Å². The van der Waals surface area contributed by atoms with Gasteiger partial charge in [-0.1, -0.05) is 15.9 Å². The molecule has 0 bridgehead atoms. The molecule has 2 N–H and O–H groups in total. The second kappa shape index (κ2) is 6.91. The van der Waals surface area contributed by atoms with Crippen molar-refractivity contribution in [2.45, 2.75) is 18.9 Å². The lowest BCUT2D eigenvalue weighted by molar-refractivity contribution is -0.122. The van der Waals surface area contributed by atoms with E-state index in [4.69, 9.17) is 0 Å². The molecule has 0 saturated carbocycles. The highest BCUT2D eigenvalue weighted by molar-refractivity contribution is 9.10. The van der Waals surface area contributed by atoms with Gasteiger partial charge in [0.2, 0.25) is 5.91 Å². The number of halogens is 1. The van der Waals surface area contributed by atoms with Crippen LogP contribution in [0.4, 0.5) is 5.69 Å². The Morgan fingerprint density at radius 1 is 1.42 bits per heavy atom. The molecule has 1 fully saturated rings. The molecular weight excluding hydrogens is 306 g/mol. The molecule has 5 heteroatoms. The first-order valence-corrected chi connectivity index (χ1v) is 7.46. The smallest absolute Gasteiger partial charge is 0.242 e. The van der Waals surface area contributed by atoms with Crippen LogP contribution in [-0.4, -0.2) is 38.6 Å². The highest BCUT2D eigenvalue weighted by atomic mass is 79.9. The molecule has 1 heterocycles. The maximum atomic E-state index is 12.2. The number of rotatable bonds is 4. The van der Waals surface area contributed by atoms with Crippen molar-refractivity contribution in [1.82, 2.24) is 10.6 Å². The van der Waals surface area contributed by atoms with Gasteiger partial charge in [-0.2, -0.15) is 0 Å². The molecule has 1 saturated heterocycles. The van der Waals surface area contributed by atoms with E-state index in [0.29, 0.717) is 0 Å². The van der Waals surface area contributed by atoms with Gasteiger partial charge in [-0.05, 0) is 50.7 Å². The predicted molar refractivity (Wildman–Crippen MR) is 81.4 cm³/mol. The fraction of sp³-hybridized carbons (Fsp3) is 0.500. The van der Waals surface area contributed by atoms with Gasteiger partial charge in [0.25, 0.3) is 0 Å².